The Morgan fingerprint density at radius 3 is 1.81 bits per heavy atom. The molecule has 8 aliphatic rings. The molecule has 0 bridgehead atoms. The van der Waals surface area contributed by atoms with Gasteiger partial charge < -0.3 is 94.8 Å². The summed E-state index contributed by atoms with van der Waals surface area (Å²) in [4.78, 5) is 15.0. The molecule has 8 rings (SSSR count). The van der Waals surface area contributed by atoms with Crippen molar-refractivity contribution in [2.45, 2.75) is 210 Å². The first kappa shape index (κ1) is 52.8. The lowest BCUT2D eigenvalue weighted by Crippen LogP contribution is -2.70. The maximum absolute atomic E-state index is 15.0. The number of allylic oxidation sites excluding steroid dienone is 1. The number of ether oxygens (including phenoxy) is 6. The van der Waals surface area contributed by atoms with Gasteiger partial charge in [0.05, 0.1) is 43.0 Å². The minimum absolute atomic E-state index is 0.00241. The van der Waals surface area contributed by atoms with E-state index in [1.165, 1.54) is 0 Å². The molecule has 0 aromatic rings. The smallest absolute Gasteiger partial charge is 0.315 e. The van der Waals surface area contributed by atoms with Crippen LogP contribution in [0.3, 0.4) is 0 Å². The van der Waals surface area contributed by atoms with Gasteiger partial charge >= 0.3 is 5.97 Å². The highest BCUT2D eigenvalue weighted by atomic mass is 16.7. The first-order valence-corrected chi connectivity index (χ1v) is 24.6. The molecule has 3 heterocycles. The van der Waals surface area contributed by atoms with Crippen molar-refractivity contribution in [3.05, 3.63) is 11.6 Å². The minimum atomic E-state index is -1.90. The van der Waals surface area contributed by atoms with Gasteiger partial charge in [-0.1, -0.05) is 53.2 Å². The van der Waals surface area contributed by atoms with E-state index in [1.807, 2.05) is 20.8 Å². The molecule has 13 N–H and O–H groups in total. The number of carbonyl (C=O) groups excluding carboxylic acids is 1. The van der Waals surface area contributed by atoms with Crippen LogP contribution in [0, 0.1) is 50.7 Å². The van der Waals surface area contributed by atoms with Crippen LogP contribution >= 0.6 is 0 Å². The fraction of sp³-hybridized carbons (Fsp3) is 0.938. The van der Waals surface area contributed by atoms with Crippen molar-refractivity contribution < 1.29 is 99.6 Å². The van der Waals surface area contributed by atoms with Crippen molar-refractivity contribution in [3.63, 3.8) is 0 Å². The topological polar surface area (TPSA) is 335 Å². The van der Waals surface area contributed by atoms with Crippen LogP contribution in [0.1, 0.15) is 99.8 Å². The number of carbonyl (C=O) groups is 1. The third-order valence-electron chi connectivity index (χ3n) is 19.7. The van der Waals surface area contributed by atoms with Gasteiger partial charge in [-0.25, -0.2) is 0 Å². The van der Waals surface area contributed by atoms with Gasteiger partial charge in [-0.3, -0.25) is 4.79 Å². The molecule has 20 heteroatoms. The van der Waals surface area contributed by atoms with Crippen LogP contribution in [0.2, 0.25) is 0 Å². The van der Waals surface area contributed by atoms with E-state index < -0.39 is 169 Å². The average molecular weight is 975 g/mol. The van der Waals surface area contributed by atoms with Crippen molar-refractivity contribution in [1.82, 2.24) is 0 Å². The molecule has 26 atom stereocenters. The number of rotatable bonds is 9. The van der Waals surface area contributed by atoms with E-state index in [2.05, 4.69) is 26.8 Å². The third-order valence-corrected chi connectivity index (χ3v) is 19.7. The quantitative estimate of drug-likeness (QED) is 0.0681. The van der Waals surface area contributed by atoms with Gasteiger partial charge in [-0.15, -0.1) is 0 Å². The molecule has 7 fully saturated rings. The predicted octanol–water partition coefficient (Wildman–Crippen LogP) is -1.92. The van der Waals surface area contributed by atoms with Crippen LogP contribution in [0.25, 0.3) is 0 Å². The molecular weight excluding hydrogens is 897 g/mol. The van der Waals surface area contributed by atoms with Crippen LogP contribution in [0.5, 0.6) is 0 Å². The Morgan fingerprint density at radius 1 is 0.662 bits per heavy atom. The fourth-order valence-corrected chi connectivity index (χ4v) is 15.3. The first-order chi connectivity index (χ1) is 31.7. The number of esters is 1. The van der Waals surface area contributed by atoms with Crippen molar-refractivity contribution in [2.75, 3.05) is 19.8 Å². The molecular formula is C48H78O20. The molecule has 5 aliphatic carbocycles. The molecule has 3 aliphatic heterocycles. The van der Waals surface area contributed by atoms with Gasteiger partial charge in [0, 0.05) is 5.92 Å². The molecule has 0 radical (unpaired) electrons. The van der Waals surface area contributed by atoms with E-state index in [9.17, 15) is 66.4 Å². The normalized spacial score (nSPS) is 55.7. The average Bonchev–Trinajstić information content (AvgIpc) is 3.28. The second-order valence-electron chi connectivity index (χ2n) is 23.3. The Bertz CT molecular complexity index is 1860. The summed E-state index contributed by atoms with van der Waals surface area (Å²) >= 11 is 0. The lowest BCUT2D eigenvalue weighted by Gasteiger charge is -2.72. The summed E-state index contributed by atoms with van der Waals surface area (Å²) in [5, 5.41) is 140. The largest absolute Gasteiger partial charge is 0.432 e. The molecule has 3 saturated heterocycles. The fourth-order valence-electron chi connectivity index (χ4n) is 15.3. The Hall–Kier alpha value is -1.51. The molecule has 20 nitrogen and oxygen atoms in total. The number of aliphatic hydroxyl groups excluding tert-OH is 12. The number of fused-ring (bicyclic) bond motifs is 7. The van der Waals surface area contributed by atoms with E-state index in [1.54, 1.807) is 6.92 Å². The minimum Gasteiger partial charge on any atom is -0.432 e. The van der Waals surface area contributed by atoms with Crippen LogP contribution in [-0.2, 0) is 33.2 Å². The van der Waals surface area contributed by atoms with E-state index in [0.717, 1.165) is 18.4 Å². The standard InChI is InChI=1S/C48H78O20/c1-20-10-13-48(42(61)68-41-36(60)33(57)30(54)25(66-41)19-63-39-34(58)31(55)28(52)23(17-49)64-39)15-14-45(5)21(37(48)47(20,7)62)8-9-27-44(4)16-22(51)38(43(2,3)26(44)11-12-46(27,45)6)67-40-35(59)32(56)29(53)24(18-50)65-40/h8,20,22-41,49-60,62H,9-19H2,1-7H3. The zero-order valence-electron chi connectivity index (χ0n) is 40.2. The summed E-state index contributed by atoms with van der Waals surface area (Å²) in [6.45, 7) is 12.6. The third kappa shape index (κ3) is 7.89. The lowest BCUT2D eigenvalue weighted by atomic mass is 9.33. The van der Waals surface area contributed by atoms with Gasteiger partial charge in [0.1, 0.15) is 73.2 Å². The molecule has 0 aromatic heterocycles. The van der Waals surface area contributed by atoms with E-state index >= 15 is 4.79 Å². The summed E-state index contributed by atoms with van der Waals surface area (Å²) in [7, 11) is 0. The molecule has 390 valence electrons. The van der Waals surface area contributed by atoms with Crippen molar-refractivity contribution in [3.8, 4) is 0 Å². The maximum Gasteiger partial charge on any atom is 0.315 e. The van der Waals surface area contributed by atoms with Crippen LogP contribution in [-0.4, -0.2) is 202 Å². The van der Waals surface area contributed by atoms with E-state index in [-0.39, 0.29) is 17.8 Å². The zero-order chi connectivity index (χ0) is 50.0. The Morgan fingerprint density at radius 2 is 1.21 bits per heavy atom. The molecule has 26 unspecified atom stereocenters. The second-order valence-corrected chi connectivity index (χ2v) is 23.3. The van der Waals surface area contributed by atoms with Crippen molar-refractivity contribution in [1.29, 1.82) is 0 Å². The van der Waals surface area contributed by atoms with Gasteiger partial charge in [-0.05, 0) is 97.7 Å². The molecule has 0 amide bonds. The monoisotopic (exact) mass is 975 g/mol. The maximum atomic E-state index is 15.0. The highest BCUT2D eigenvalue weighted by Gasteiger charge is 2.73. The lowest BCUT2D eigenvalue weighted by molar-refractivity contribution is -0.341. The summed E-state index contributed by atoms with van der Waals surface area (Å²) < 4.78 is 35.0. The highest BCUT2D eigenvalue weighted by molar-refractivity contribution is 5.79. The highest BCUT2D eigenvalue weighted by Crippen LogP contribution is 2.76. The van der Waals surface area contributed by atoms with Gasteiger partial charge in [-0.2, -0.15) is 0 Å². The van der Waals surface area contributed by atoms with Crippen molar-refractivity contribution >= 4 is 5.97 Å². The number of hydrogen-bond acceptors (Lipinski definition) is 20. The Kier molecular flexibility index (Phi) is 14.3. The number of aliphatic hydroxyl groups is 13. The van der Waals surface area contributed by atoms with Gasteiger partial charge in [0.25, 0.3) is 0 Å². The summed E-state index contributed by atoms with van der Waals surface area (Å²) in [5.74, 6) is -1.69. The van der Waals surface area contributed by atoms with Crippen LogP contribution in [0.4, 0.5) is 0 Å². The van der Waals surface area contributed by atoms with E-state index in [0.29, 0.717) is 38.5 Å². The first-order valence-electron chi connectivity index (χ1n) is 24.6. The Labute approximate surface area is 396 Å². The summed E-state index contributed by atoms with van der Waals surface area (Å²) in [6, 6.07) is 0. The van der Waals surface area contributed by atoms with Crippen LogP contribution in [0.15, 0.2) is 11.6 Å². The van der Waals surface area contributed by atoms with Gasteiger partial charge in [0.2, 0.25) is 6.29 Å². The second kappa shape index (κ2) is 18.5. The molecule has 0 aromatic carbocycles. The van der Waals surface area contributed by atoms with E-state index in [4.69, 9.17) is 28.4 Å². The SMILES string of the molecule is CC1CCC2(C(=O)OC3OC(COC4OC(CO)C(O)C(O)C4O)C(O)C(O)C3O)CCC3(C)C(=CCC4C5(C)CC(O)C(OC6OC(CO)C(O)C(O)C6O)C(C)(C)C5CCC43C)C2C1(C)O. The summed E-state index contributed by atoms with van der Waals surface area (Å²) in [6.07, 6.45) is -19.8. The number of hydrogen-bond donors (Lipinski definition) is 13. The Balaban J connectivity index is 1.04. The van der Waals surface area contributed by atoms with Crippen LogP contribution < -0.4 is 0 Å². The molecule has 4 saturated carbocycles. The summed E-state index contributed by atoms with van der Waals surface area (Å²) in [5.41, 5.74) is -3.84. The zero-order valence-corrected chi connectivity index (χ0v) is 40.2. The molecule has 68 heavy (non-hydrogen) atoms. The molecule has 0 spiro atoms. The van der Waals surface area contributed by atoms with Gasteiger partial charge in [0.15, 0.2) is 12.6 Å². The predicted molar refractivity (Wildman–Crippen MR) is 233 cm³/mol. The van der Waals surface area contributed by atoms with Crippen molar-refractivity contribution in [2.24, 2.45) is 50.7 Å².